The summed E-state index contributed by atoms with van der Waals surface area (Å²) in [7, 11) is 0. The first-order valence-electron chi connectivity index (χ1n) is 5.80. The number of rotatable bonds is 3. The normalized spacial score (nSPS) is 35.9. The van der Waals surface area contributed by atoms with Crippen LogP contribution in [-0.4, -0.2) is 22.6 Å². The summed E-state index contributed by atoms with van der Waals surface area (Å²) in [6.45, 7) is 10.3. The number of esters is 1. The first kappa shape index (κ1) is 12.9. The summed E-state index contributed by atoms with van der Waals surface area (Å²) in [6.07, 6.45) is 1.27. The molecule has 1 saturated heterocycles. The van der Waals surface area contributed by atoms with Crippen LogP contribution in [0, 0.1) is 11.8 Å². The Morgan fingerprint density at radius 3 is 2.47 bits per heavy atom. The van der Waals surface area contributed by atoms with E-state index in [1.54, 1.807) is 0 Å². The maximum atomic E-state index is 11.1. The van der Waals surface area contributed by atoms with Gasteiger partial charge in [0.15, 0.2) is 0 Å². The molecule has 0 saturated carbocycles. The molecule has 1 aliphatic rings. The van der Waals surface area contributed by atoms with Crippen LogP contribution in [0.5, 0.6) is 0 Å². The second kappa shape index (κ2) is 5.24. The van der Waals surface area contributed by atoms with Crippen LogP contribution in [0.4, 0.5) is 0 Å². The van der Waals surface area contributed by atoms with Crippen molar-refractivity contribution in [2.45, 2.75) is 57.6 Å². The molecule has 0 amide bonds. The van der Waals surface area contributed by atoms with E-state index in [1.807, 2.05) is 11.8 Å². The van der Waals surface area contributed by atoms with Gasteiger partial charge in [-0.3, -0.25) is 4.79 Å². The summed E-state index contributed by atoms with van der Waals surface area (Å²) in [5.74, 6) is 0.907. The highest BCUT2D eigenvalue weighted by Crippen LogP contribution is 2.44. The Kier molecular flexibility index (Phi) is 4.50. The molecule has 15 heavy (non-hydrogen) atoms. The zero-order chi connectivity index (χ0) is 11.6. The molecule has 4 atom stereocenters. The number of carbonyl (C=O) groups is 1. The molecule has 0 N–H and O–H groups in total. The highest BCUT2D eigenvalue weighted by molar-refractivity contribution is 8.00. The van der Waals surface area contributed by atoms with Crippen LogP contribution in [-0.2, 0) is 9.53 Å². The lowest BCUT2D eigenvalue weighted by Gasteiger charge is -2.24. The zero-order valence-electron chi connectivity index (χ0n) is 10.3. The van der Waals surface area contributed by atoms with Crippen molar-refractivity contribution in [1.82, 2.24) is 0 Å². The van der Waals surface area contributed by atoms with Gasteiger partial charge in [0.2, 0.25) is 0 Å². The fraction of sp³-hybridized carbons (Fsp3) is 0.917. The summed E-state index contributed by atoms with van der Waals surface area (Å²) in [5, 5.41) is 1.11. The summed E-state index contributed by atoms with van der Waals surface area (Å²) in [6, 6.07) is 0. The van der Waals surface area contributed by atoms with Crippen LogP contribution in [0.25, 0.3) is 0 Å². The van der Waals surface area contributed by atoms with Gasteiger partial charge in [0.05, 0.1) is 0 Å². The minimum absolute atomic E-state index is 0.109. The monoisotopic (exact) mass is 230 g/mol. The smallest absolute Gasteiger partial charge is 0.302 e. The van der Waals surface area contributed by atoms with Gasteiger partial charge in [0, 0.05) is 23.3 Å². The molecule has 3 heteroatoms. The van der Waals surface area contributed by atoms with E-state index in [0.29, 0.717) is 22.3 Å². The second-order valence-electron chi connectivity index (χ2n) is 4.72. The predicted molar refractivity (Wildman–Crippen MR) is 65.0 cm³/mol. The Bertz CT molecular complexity index is 228. The van der Waals surface area contributed by atoms with Gasteiger partial charge in [-0.05, 0) is 12.3 Å². The molecule has 0 spiro atoms. The van der Waals surface area contributed by atoms with Crippen molar-refractivity contribution in [2.75, 3.05) is 0 Å². The van der Waals surface area contributed by atoms with Gasteiger partial charge in [-0.25, -0.2) is 0 Å². The topological polar surface area (TPSA) is 26.3 Å². The molecule has 1 rings (SSSR count). The summed E-state index contributed by atoms with van der Waals surface area (Å²) >= 11 is 2.00. The lowest BCUT2D eigenvalue weighted by molar-refractivity contribution is -0.148. The number of hydrogen-bond acceptors (Lipinski definition) is 3. The molecule has 0 radical (unpaired) electrons. The lowest BCUT2D eigenvalue weighted by atomic mass is 9.92. The molecule has 0 aromatic heterocycles. The third-order valence-electron chi connectivity index (χ3n) is 3.12. The Labute approximate surface area is 97.1 Å². The van der Waals surface area contributed by atoms with Crippen LogP contribution in [0.2, 0.25) is 0 Å². The third-order valence-corrected chi connectivity index (χ3v) is 5.36. The first-order valence-corrected chi connectivity index (χ1v) is 6.74. The van der Waals surface area contributed by atoms with E-state index in [0.717, 1.165) is 6.42 Å². The van der Waals surface area contributed by atoms with Gasteiger partial charge in [0.1, 0.15) is 6.10 Å². The van der Waals surface area contributed by atoms with Crippen LogP contribution in [0.15, 0.2) is 0 Å². The Morgan fingerprint density at radius 1 is 1.47 bits per heavy atom. The van der Waals surface area contributed by atoms with Crippen LogP contribution in [0.3, 0.4) is 0 Å². The highest BCUT2D eigenvalue weighted by Gasteiger charge is 2.43. The van der Waals surface area contributed by atoms with Crippen molar-refractivity contribution < 1.29 is 9.53 Å². The molecule has 1 heterocycles. The molecule has 1 fully saturated rings. The summed E-state index contributed by atoms with van der Waals surface area (Å²) in [5.41, 5.74) is 0. The molecule has 2 nitrogen and oxygen atoms in total. The summed E-state index contributed by atoms with van der Waals surface area (Å²) in [4.78, 5) is 11.1. The Balaban J connectivity index is 2.74. The van der Waals surface area contributed by atoms with Crippen molar-refractivity contribution >= 4 is 17.7 Å². The maximum Gasteiger partial charge on any atom is 0.302 e. The van der Waals surface area contributed by atoms with E-state index in [4.69, 9.17) is 4.74 Å². The number of thioether (sulfide) groups is 1. The average molecular weight is 230 g/mol. The molecular weight excluding hydrogens is 208 g/mol. The van der Waals surface area contributed by atoms with Crippen molar-refractivity contribution in [3.8, 4) is 0 Å². The second-order valence-corrected chi connectivity index (χ2v) is 6.15. The molecule has 0 unspecified atom stereocenters. The van der Waals surface area contributed by atoms with E-state index in [-0.39, 0.29) is 12.1 Å². The van der Waals surface area contributed by atoms with E-state index >= 15 is 0 Å². The van der Waals surface area contributed by atoms with Gasteiger partial charge in [-0.2, -0.15) is 11.8 Å². The van der Waals surface area contributed by atoms with Gasteiger partial charge < -0.3 is 4.74 Å². The molecule has 0 aromatic rings. The molecule has 0 bridgehead atoms. The molecule has 88 valence electrons. The maximum absolute atomic E-state index is 11.1. The number of hydrogen-bond donors (Lipinski definition) is 0. The summed E-state index contributed by atoms with van der Waals surface area (Å²) < 4.78 is 5.47. The van der Waals surface area contributed by atoms with Gasteiger partial charge in [-0.1, -0.05) is 27.7 Å². The molecule has 0 aromatic carbocycles. The fourth-order valence-electron chi connectivity index (χ4n) is 2.28. The van der Waals surface area contributed by atoms with Crippen LogP contribution in [0.1, 0.15) is 41.0 Å². The highest BCUT2D eigenvalue weighted by atomic mass is 32.2. The SMILES string of the molecule is CC[C@H]1S[C@@H](C(C)C)[C@H](OC(C)=O)[C@@H]1C. The molecule has 0 aliphatic carbocycles. The standard InChI is InChI=1S/C12H22O2S/c1-6-10-8(4)11(14-9(5)13)12(15-10)7(2)3/h7-8,10-12H,6H2,1-5H3/t8-,10-,11-,12+/m1/s1. The minimum Gasteiger partial charge on any atom is -0.461 e. The fourth-order valence-corrected chi connectivity index (χ4v) is 4.06. The van der Waals surface area contributed by atoms with E-state index in [9.17, 15) is 4.79 Å². The van der Waals surface area contributed by atoms with Gasteiger partial charge >= 0.3 is 5.97 Å². The quantitative estimate of drug-likeness (QED) is 0.697. The Morgan fingerprint density at radius 2 is 2.07 bits per heavy atom. The van der Waals surface area contributed by atoms with Crippen molar-refractivity contribution in [2.24, 2.45) is 11.8 Å². The molecular formula is C12H22O2S. The minimum atomic E-state index is -0.144. The van der Waals surface area contributed by atoms with Gasteiger partial charge in [-0.15, -0.1) is 0 Å². The van der Waals surface area contributed by atoms with Crippen molar-refractivity contribution in [1.29, 1.82) is 0 Å². The number of ether oxygens (including phenoxy) is 1. The lowest BCUT2D eigenvalue weighted by Crippen LogP contribution is -2.33. The Hall–Kier alpha value is -0.180. The van der Waals surface area contributed by atoms with Crippen molar-refractivity contribution in [3.05, 3.63) is 0 Å². The first-order chi connectivity index (χ1) is 6.97. The average Bonchev–Trinajstić information content (AvgIpc) is 2.43. The largest absolute Gasteiger partial charge is 0.461 e. The van der Waals surface area contributed by atoms with Gasteiger partial charge in [0.25, 0.3) is 0 Å². The van der Waals surface area contributed by atoms with Crippen LogP contribution < -0.4 is 0 Å². The van der Waals surface area contributed by atoms with E-state index < -0.39 is 0 Å². The molecule has 1 aliphatic heterocycles. The van der Waals surface area contributed by atoms with Crippen LogP contribution >= 0.6 is 11.8 Å². The number of carbonyl (C=O) groups excluding carboxylic acids is 1. The van der Waals surface area contributed by atoms with Crippen molar-refractivity contribution in [3.63, 3.8) is 0 Å². The van der Waals surface area contributed by atoms with E-state index in [2.05, 4.69) is 27.7 Å². The third kappa shape index (κ3) is 2.90. The zero-order valence-corrected chi connectivity index (χ0v) is 11.1. The van der Waals surface area contributed by atoms with E-state index in [1.165, 1.54) is 6.92 Å². The predicted octanol–water partition coefficient (Wildman–Crippen LogP) is 3.10.